The molecule has 1 unspecified atom stereocenters. The van der Waals surface area contributed by atoms with Gasteiger partial charge in [0, 0.05) is 10.7 Å². The zero-order valence-corrected chi connectivity index (χ0v) is 9.20. The highest BCUT2D eigenvalue weighted by atomic mass is 35.7. The van der Waals surface area contributed by atoms with Crippen LogP contribution in [-0.4, -0.2) is 8.42 Å². The summed E-state index contributed by atoms with van der Waals surface area (Å²) in [5.74, 6) is 0. The highest BCUT2D eigenvalue weighted by Gasteiger charge is 2.17. The van der Waals surface area contributed by atoms with Crippen molar-refractivity contribution in [3.8, 4) is 0 Å². The smallest absolute Gasteiger partial charge is 0.207 e. The van der Waals surface area contributed by atoms with Gasteiger partial charge in [-0.2, -0.15) is 0 Å². The van der Waals surface area contributed by atoms with Crippen molar-refractivity contribution >= 4 is 31.3 Å². The third kappa shape index (κ3) is 2.59. The monoisotopic (exact) mass is 238 g/mol. The van der Waals surface area contributed by atoms with Crippen LogP contribution in [-0.2, 0) is 9.05 Å². The van der Waals surface area contributed by atoms with E-state index in [0.29, 0.717) is 5.56 Å². The summed E-state index contributed by atoms with van der Waals surface area (Å²) < 4.78 is 22.1. The topological polar surface area (TPSA) is 34.1 Å². The first kappa shape index (κ1) is 10.8. The van der Waals surface area contributed by atoms with Gasteiger partial charge in [-0.3, -0.25) is 0 Å². The fourth-order valence-corrected chi connectivity index (χ4v) is 2.48. The zero-order valence-electron chi connectivity index (χ0n) is 6.87. The number of alkyl halides is 1. The van der Waals surface area contributed by atoms with E-state index in [1.807, 2.05) is 0 Å². The van der Waals surface area contributed by atoms with Gasteiger partial charge in [-0.1, -0.05) is 18.2 Å². The van der Waals surface area contributed by atoms with Crippen LogP contribution in [0.5, 0.6) is 0 Å². The lowest BCUT2D eigenvalue weighted by atomic mass is 10.2. The Morgan fingerprint density at radius 2 is 1.85 bits per heavy atom. The molecular weight excluding hydrogens is 231 g/mol. The van der Waals surface area contributed by atoms with Gasteiger partial charge >= 0.3 is 0 Å². The van der Waals surface area contributed by atoms with E-state index in [2.05, 4.69) is 0 Å². The van der Waals surface area contributed by atoms with Crippen LogP contribution in [0, 0.1) is 0 Å². The molecule has 0 heterocycles. The molecular formula is C8H8Cl2O2S. The Bertz CT molecular complexity index is 398. The second-order valence-corrected chi connectivity index (χ2v) is 5.78. The molecule has 13 heavy (non-hydrogen) atoms. The first-order valence-electron chi connectivity index (χ1n) is 3.60. The fraction of sp³-hybridized carbons (Fsp3) is 0.250. The molecule has 0 aromatic heterocycles. The number of benzene rings is 1. The maximum atomic E-state index is 11.1. The molecule has 0 N–H and O–H groups in total. The second-order valence-electron chi connectivity index (χ2n) is 2.59. The molecule has 0 saturated heterocycles. The third-order valence-corrected chi connectivity index (χ3v) is 3.24. The van der Waals surface area contributed by atoms with Gasteiger partial charge in [0.15, 0.2) is 0 Å². The average molecular weight is 239 g/mol. The average Bonchev–Trinajstić information content (AvgIpc) is 2.03. The van der Waals surface area contributed by atoms with E-state index in [1.165, 1.54) is 6.07 Å². The quantitative estimate of drug-likeness (QED) is 0.587. The first-order valence-corrected chi connectivity index (χ1v) is 6.35. The van der Waals surface area contributed by atoms with Gasteiger partial charge in [0.05, 0.1) is 10.3 Å². The molecule has 0 saturated carbocycles. The molecule has 0 bridgehead atoms. The summed E-state index contributed by atoms with van der Waals surface area (Å²) >= 11 is 5.79. The minimum absolute atomic E-state index is 0.0826. The minimum atomic E-state index is -3.69. The molecule has 0 aliphatic heterocycles. The van der Waals surface area contributed by atoms with Crippen molar-refractivity contribution < 1.29 is 8.42 Å². The standard InChI is InChI=1S/C8H8Cl2O2S/c1-6(9)7-4-2-3-5-8(7)13(10,11)12/h2-6H,1H3. The van der Waals surface area contributed by atoms with Crippen LogP contribution in [0.2, 0.25) is 0 Å². The summed E-state index contributed by atoms with van der Waals surface area (Å²) in [6.07, 6.45) is 0. The summed E-state index contributed by atoms with van der Waals surface area (Å²) in [6.45, 7) is 1.70. The maximum Gasteiger partial charge on any atom is 0.261 e. The van der Waals surface area contributed by atoms with Crippen molar-refractivity contribution in [3.05, 3.63) is 29.8 Å². The summed E-state index contributed by atoms with van der Waals surface area (Å²) in [7, 11) is 1.53. The molecule has 0 amide bonds. The van der Waals surface area contributed by atoms with Crippen molar-refractivity contribution in [1.82, 2.24) is 0 Å². The molecule has 1 atom stereocenters. The Morgan fingerprint density at radius 3 is 2.23 bits per heavy atom. The molecule has 0 aliphatic rings. The fourth-order valence-electron chi connectivity index (χ4n) is 1.03. The van der Waals surface area contributed by atoms with Gasteiger partial charge < -0.3 is 0 Å². The number of hydrogen-bond donors (Lipinski definition) is 0. The molecule has 0 radical (unpaired) electrons. The van der Waals surface area contributed by atoms with E-state index < -0.39 is 9.05 Å². The van der Waals surface area contributed by atoms with E-state index >= 15 is 0 Å². The Balaban J connectivity index is 3.37. The van der Waals surface area contributed by atoms with E-state index in [4.69, 9.17) is 22.3 Å². The van der Waals surface area contributed by atoms with Crippen LogP contribution in [0.25, 0.3) is 0 Å². The van der Waals surface area contributed by atoms with Crippen LogP contribution in [0.4, 0.5) is 0 Å². The van der Waals surface area contributed by atoms with Crippen LogP contribution < -0.4 is 0 Å². The second kappa shape index (κ2) is 3.86. The van der Waals surface area contributed by atoms with Gasteiger partial charge in [-0.15, -0.1) is 11.6 Å². The lowest BCUT2D eigenvalue weighted by Crippen LogP contribution is -1.97. The van der Waals surface area contributed by atoms with Crippen molar-refractivity contribution in [2.75, 3.05) is 0 Å². The Morgan fingerprint density at radius 1 is 1.31 bits per heavy atom. The summed E-state index contributed by atoms with van der Waals surface area (Å²) in [6, 6.07) is 6.42. The minimum Gasteiger partial charge on any atom is -0.207 e. The molecule has 72 valence electrons. The lowest BCUT2D eigenvalue weighted by molar-refractivity contribution is 0.608. The SMILES string of the molecule is CC(Cl)c1ccccc1S(=O)(=O)Cl. The van der Waals surface area contributed by atoms with Crippen molar-refractivity contribution in [2.24, 2.45) is 0 Å². The lowest BCUT2D eigenvalue weighted by Gasteiger charge is -2.07. The first-order chi connectivity index (χ1) is 5.93. The van der Waals surface area contributed by atoms with Gasteiger partial charge in [-0.25, -0.2) is 8.42 Å². The zero-order chi connectivity index (χ0) is 10.1. The summed E-state index contributed by atoms with van der Waals surface area (Å²) in [4.78, 5) is 0.0826. The van der Waals surface area contributed by atoms with Crippen molar-refractivity contribution in [3.63, 3.8) is 0 Å². The Hall–Kier alpha value is -0.250. The number of halogens is 2. The van der Waals surface area contributed by atoms with E-state index in [0.717, 1.165) is 0 Å². The molecule has 1 aromatic rings. The Kier molecular flexibility index (Phi) is 3.22. The molecule has 5 heteroatoms. The van der Waals surface area contributed by atoms with Crippen molar-refractivity contribution in [2.45, 2.75) is 17.2 Å². The van der Waals surface area contributed by atoms with E-state index in [9.17, 15) is 8.42 Å². The van der Waals surface area contributed by atoms with Crippen LogP contribution in [0.3, 0.4) is 0 Å². The normalized spacial score (nSPS) is 14.1. The highest BCUT2D eigenvalue weighted by molar-refractivity contribution is 8.13. The van der Waals surface area contributed by atoms with E-state index in [-0.39, 0.29) is 10.3 Å². The third-order valence-electron chi connectivity index (χ3n) is 1.61. The molecule has 1 aromatic carbocycles. The number of rotatable bonds is 2. The number of hydrogen-bond acceptors (Lipinski definition) is 2. The van der Waals surface area contributed by atoms with Crippen LogP contribution >= 0.6 is 22.3 Å². The molecule has 0 spiro atoms. The molecule has 2 nitrogen and oxygen atoms in total. The van der Waals surface area contributed by atoms with Crippen LogP contribution in [0.15, 0.2) is 29.2 Å². The highest BCUT2D eigenvalue weighted by Crippen LogP contribution is 2.28. The van der Waals surface area contributed by atoms with Gasteiger partial charge in [-0.05, 0) is 18.6 Å². The van der Waals surface area contributed by atoms with Gasteiger partial charge in [0.25, 0.3) is 9.05 Å². The van der Waals surface area contributed by atoms with Gasteiger partial charge in [0.2, 0.25) is 0 Å². The molecule has 0 fully saturated rings. The largest absolute Gasteiger partial charge is 0.261 e. The Labute approximate surface area is 86.9 Å². The maximum absolute atomic E-state index is 11.1. The molecule has 1 rings (SSSR count). The van der Waals surface area contributed by atoms with Gasteiger partial charge in [0.1, 0.15) is 0 Å². The van der Waals surface area contributed by atoms with Crippen LogP contribution in [0.1, 0.15) is 17.9 Å². The molecule has 0 aliphatic carbocycles. The van der Waals surface area contributed by atoms with E-state index in [1.54, 1.807) is 25.1 Å². The summed E-state index contributed by atoms with van der Waals surface area (Å²) in [5, 5.41) is -0.371. The van der Waals surface area contributed by atoms with Crippen molar-refractivity contribution in [1.29, 1.82) is 0 Å². The predicted molar refractivity (Wildman–Crippen MR) is 53.7 cm³/mol. The predicted octanol–water partition coefficient (Wildman–Crippen LogP) is 2.91. The summed E-state index contributed by atoms with van der Waals surface area (Å²) in [5.41, 5.74) is 0.527.